The SMILES string of the molecule is CC[C@H](C)C1C(=O)NC(C2Cc3ccccc3C2)C(=O)N1C(C(=O)Nc1ccccc1O)c1ccc(C)nc1C. The number of hydrogen-bond donors (Lipinski definition) is 3. The smallest absolute Gasteiger partial charge is 0.252 e. The number of phenols is 1. The standard InChI is InChI=1S/C32H36N4O4/c1-5-18(2)28-30(38)35-27(23-16-21-10-6-7-11-22(21)17-23)32(40)36(28)29(24-15-14-19(3)33-20(24)4)31(39)34-25-12-8-9-13-26(25)37/h6-15,18,23,27-29,37H,5,16-17H2,1-4H3,(H,34,39)(H,35,38)/t18-,27?,28?,29?/m0/s1. The average Bonchev–Trinajstić information content (AvgIpc) is 3.36. The summed E-state index contributed by atoms with van der Waals surface area (Å²) in [4.78, 5) is 48.5. The number of anilines is 1. The minimum Gasteiger partial charge on any atom is -0.506 e. The Kier molecular flexibility index (Phi) is 7.61. The number of piperazine rings is 1. The summed E-state index contributed by atoms with van der Waals surface area (Å²) in [7, 11) is 0. The Morgan fingerprint density at radius 3 is 2.33 bits per heavy atom. The zero-order valence-corrected chi connectivity index (χ0v) is 23.3. The van der Waals surface area contributed by atoms with Crippen molar-refractivity contribution in [3.05, 3.63) is 88.7 Å². The van der Waals surface area contributed by atoms with E-state index in [4.69, 9.17) is 0 Å². The molecule has 1 aromatic heterocycles. The number of phenolic OH excluding ortho intramolecular Hbond substituents is 1. The topological polar surface area (TPSA) is 112 Å². The molecule has 3 amide bonds. The number of amides is 3. The second-order valence-corrected chi connectivity index (χ2v) is 11.0. The molecule has 0 spiro atoms. The molecular formula is C32H36N4O4. The monoisotopic (exact) mass is 540 g/mol. The van der Waals surface area contributed by atoms with Crippen molar-refractivity contribution in [2.45, 2.75) is 65.1 Å². The van der Waals surface area contributed by atoms with Gasteiger partial charge >= 0.3 is 0 Å². The van der Waals surface area contributed by atoms with Crippen LogP contribution in [0, 0.1) is 25.7 Å². The molecule has 2 aromatic carbocycles. The van der Waals surface area contributed by atoms with Crippen LogP contribution in [0.4, 0.5) is 5.69 Å². The van der Waals surface area contributed by atoms with Crippen molar-refractivity contribution in [1.29, 1.82) is 0 Å². The van der Waals surface area contributed by atoms with Crippen LogP contribution in [-0.2, 0) is 27.2 Å². The Hall–Kier alpha value is -4.20. The van der Waals surface area contributed by atoms with Crippen LogP contribution >= 0.6 is 0 Å². The van der Waals surface area contributed by atoms with Crippen LogP contribution in [0.3, 0.4) is 0 Å². The fraction of sp³-hybridized carbons (Fsp3) is 0.375. The Bertz CT molecular complexity index is 1430. The number of carbonyl (C=O) groups excluding carboxylic acids is 3. The van der Waals surface area contributed by atoms with Gasteiger partial charge in [0.05, 0.1) is 5.69 Å². The first-order valence-corrected chi connectivity index (χ1v) is 13.9. The summed E-state index contributed by atoms with van der Waals surface area (Å²) in [5.74, 6) is -1.46. The predicted molar refractivity (Wildman–Crippen MR) is 153 cm³/mol. The highest BCUT2D eigenvalue weighted by atomic mass is 16.3. The zero-order valence-electron chi connectivity index (χ0n) is 23.3. The number of benzene rings is 2. The molecule has 0 radical (unpaired) electrons. The maximum Gasteiger partial charge on any atom is 0.252 e. The van der Waals surface area contributed by atoms with Gasteiger partial charge < -0.3 is 20.6 Å². The van der Waals surface area contributed by atoms with Gasteiger partial charge in [-0.2, -0.15) is 0 Å². The molecule has 40 heavy (non-hydrogen) atoms. The van der Waals surface area contributed by atoms with Crippen LogP contribution in [0.15, 0.2) is 60.7 Å². The molecule has 208 valence electrons. The van der Waals surface area contributed by atoms with Crippen LogP contribution < -0.4 is 10.6 Å². The van der Waals surface area contributed by atoms with Crippen molar-refractivity contribution in [2.75, 3.05) is 5.32 Å². The molecule has 3 N–H and O–H groups in total. The van der Waals surface area contributed by atoms with Gasteiger partial charge in [-0.3, -0.25) is 19.4 Å². The van der Waals surface area contributed by atoms with Crippen LogP contribution in [0.1, 0.15) is 54.4 Å². The number of nitrogens with zero attached hydrogens (tertiary/aromatic N) is 2. The minimum absolute atomic E-state index is 0.0869. The second kappa shape index (κ2) is 11.1. The van der Waals surface area contributed by atoms with E-state index < -0.39 is 24.0 Å². The predicted octanol–water partition coefficient (Wildman–Crippen LogP) is 4.24. The van der Waals surface area contributed by atoms with Crippen LogP contribution in [0.2, 0.25) is 0 Å². The van der Waals surface area contributed by atoms with Crippen LogP contribution in [0.5, 0.6) is 5.75 Å². The van der Waals surface area contributed by atoms with E-state index in [1.54, 1.807) is 37.3 Å². The maximum absolute atomic E-state index is 14.5. The van der Waals surface area contributed by atoms with Gasteiger partial charge in [0.2, 0.25) is 11.8 Å². The number of rotatable bonds is 7. The number of nitrogens with one attached hydrogen (secondary N) is 2. The van der Waals surface area contributed by atoms with E-state index in [-0.39, 0.29) is 35.1 Å². The highest BCUT2D eigenvalue weighted by molar-refractivity contribution is 6.03. The number of aromatic hydroxyl groups is 1. The minimum atomic E-state index is -1.13. The Labute approximate surface area is 234 Å². The Morgan fingerprint density at radius 2 is 1.70 bits per heavy atom. The van der Waals surface area contributed by atoms with E-state index in [1.165, 1.54) is 22.1 Å². The summed E-state index contributed by atoms with van der Waals surface area (Å²) in [6.45, 7) is 7.56. The number of carbonyl (C=O) groups is 3. The number of fused-ring (bicyclic) bond motifs is 1. The van der Waals surface area contributed by atoms with Gasteiger partial charge in [-0.15, -0.1) is 0 Å². The van der Waals surface area contributed by atoms with E-state index in [9.17, 15) is 19.5 Å². The molecule has 0 bridgehead atoms. The fourth-order valence-electron chi connectivity index (χ4n) is 6.10. The van der Waals surface area contributed by atoms with Gasteiger partial charge in [-0.05, 0) is 67.9 Å². The first kappa shape index (κ1) is 27.4. The summed E-state index contributed by atoms with van der Waals surface area (Å²) in [5.41, 5.74) is 4.51. The van der Waals surface area contributed by atoms with E-state index in [1.807, 2.05) is 32.9 Å². The van der Waals surface area contributed by atoms with Gasteiger partial charge in [0, 0.05) is 17.0 Å². The van der Waals surface area contributed by atoms with Crippen molar-refractivity contribution >= 4 is 23.4 Å². The number of aryl methyl sites for hydroxylation is 2. The van der Waals surface area contributed by atoms with Crippen molar-refractivity contribution in [3.8, 4) is 5.75 Å². The molecule has 8 nitrogen and oxygen atoms in total. The first-order valence-electron chi connectivity index (χ1n) is 13.9. The highest BCUT2D eigenvalue weighted by Gasteiger charge is 2.51. The largest absolute Gasteiger partial charge is 0.506 e. The fourth-order valence-corrected chi connectivity index (χ4v) is 6.10. The molecule has 4 atom stereocenters. The zero-order chi connectivity index (χ0) is 28.6. The summed E-state index contributed by atoms with van der Waals surface area (Å²) in [5, 5.41) is 16.3. The van der Waals surface area contributed by atoms with Gasteiger partial charge in [-0.25, -0.2) is 0 Å². The summed E-state index contributed by atoms with van der Waals surface area (Å²) < 4.78 is 0. The molecule has 3 aromatic rings. The average molecular weight is 541 g/mol. The molecule has 3 unspecified atom stereocenters. The van der Waals surface area contributed by atoms with E-state index in [0.29, 0.717) is 30.5 Å². The highest BCUT2D eigenvalue weighted by Crippen LogP contribution is 2.37. The lowest BCUT2D eigenvalue weighted by Gasteiger charge is -2.46. The molecule has 1 saturated heterocycles. The Balaban J connectivity index is 1.60. The Morgan fingerprint density at radius 1 is 1.05 bits per heavy atom. The quantitative estimate of drug-likeness (QED) is 0.388. The lowest BCUT2D eigenvalue weighted by molar-refractivity contribution is -0.158. The van der Waals surface area contributed by atoms with E-state index in [0.717, 1.165) is 5.69 Å². The number of hydrogen-bond acceptors (Lipinski definition) is 5. The molecule has 1 aliphatic heterocycles. The van der Waals surface area contributed by atoms with Crippen LogP contribution in [0.25, 0.3) is 0 Å². The van der Waals surface area contributed by atoms with E-state index in [2.05, 4.69) is 27.8 Å². The number of aromatic nitrogens is 1. The van der Waals surface area contributed by atoms with Crippen molar-refractivity contribution in [1.82, 2.24) is 15.2 Å². The molecule has 8 heteroatoms. The van der Waals surface area contributed by atoms with Gasteiger partial charge in [0.15, 0.2) is 0 Å². The van der Waals surface area contributed by atoms with Gasteiger partial charge in [0.1, 0.15) is 23.9 Å². The molecule has 2 heterocycles. The first-order chi connectivity index (χ1) is 19.2. The van der Waals surface area contributed by atoms with Gasteiger partial charge in [-0.1, -0.05) is 62.7 Å². The summed E-state index contributed by atoms with van der Waals surface area (Å²) >= 11 is 0. The van der Waals surface area contributed by atoms with Crippen molar-refractivity contribution in [2.24, 2.45) is 11.8 Å². The number of para-hydroxylation sites is 2. The third kappa shape index (κ3) is 5.06. The number of pyridine rings is 1. The molecule has 2 aliphatic rings. The van der Waals surface area contributed by atoms with Gasteiger partial charge in [0.25, 0.3) is 5.91 Å². The van der Waals surface area contributed by atoms with Crippen molar-refractivity contribution in [3.63, 3.8) is 0 Å². The summed E-state index contributed by atoms with van der Waals surface area (Å²) in [6.07, 6.45) is 1.99. The molecule has 1 aliphatic carbocycles. The van der Waals surface area contributed by atoms with Crippen molar-refractivity contribution < 1.29 is 19.5 Å². The third-order valence-electron chi connectivity index (χ3n) is 8.37. The lowest BCUT2D eigenvalue weighted by atomic mass is 9.85. The molecule has 1 fully saturated rings. The molecular weight excluding hydrogens is 504 g/mol. The summed E-state index contributed by atoms with van der Waals surface area (Å²) in [6, 6.07) is 15.4. The maximum atomic E-state index is 14.5. The molecule has 0 saturated carbocycles. The van der Waals surface area contributed by atoms with E-state index >= 15 is 0 Å². The second-order valence-electron chi connectivity index (χ2n) is 11.0. The lowest BCUT2D eigenvalue weighted by Crippen LogP contribution is -2.68. The van der Waals surface area contributed by atoms with Crippen LogP contribution in [-0.4, -0.2) is 44.8 Å². The normalized spacial score (nSPS) is 20.6. The third-order valence-corrected chi connectivity index (χ3v) is 8.37. The molecule has 5 rings (SSSR count).